The SMILES string of the molecule is NC(=O)CCC(NC(=O)C(CC(N)=O)NC(=O)C(N)Cc1ccccc1)C(=O)NC(CC(=O)O)C(=O)O. The number of nitrogens with one attached hydrogen (secondary N) is 3. The number of aliphatic carboxylic acids is 2. The number of hydrogen-bond acceptors (Lipinski definition) is 8. The number of carbonyl (C=O) groups excluding carboxylic acids is 5. The molecule has 0 radical (unpaired) electrons. The van der Waals surface area contributed by atoms with E-state index in [0.29, 0.717) is 0 Å². The second kappa shape index (κ2) is 14.8. The molecule has 0 fully saturated rings. The summed E-state index contributed by atoms with van der Waals surface area (Å²) in [5.41, 5.74) is 16.9. The van der Waals surface area contributed by atoms with E-state index in [9.17, 15) is 33.6 Å². The molecule has 1 rings (SSSR count). The number of benzene rings is 1. The van der Waals surface area contributed by atoms with Gasteiger partial charge in [0.2, 0.25) is 29.5 Å². The van der Waals surface area contributed by atoms with Crippen LogP contribution in [0.2, 0.25) is 0 Å². The number of nitrogens with two attached hydrogens (primary N) is 3. The first kappa shape index (κ1) is 30.5. The highest BCUT2D eigenvalue weighted by Crippen LogP contribution is 2.05. The minimum atomic E-state index is -1.84. The smallest absolute Gasteiger partial charge is 0.326 e. The van der Waals surface area contributed by atoms with Crippen molar-refractivity contribution in [3.63, 3.8) is 0 Å². The van der Waals surface area contributed by atoms with Gasteiger partial charge in [-0.2, -0.15) is 0 Å². The molecule has 0 aliphatic rings. The summed E-state index contributed by atoms with van der Waals surface area (Å²) in [6.07, 6.45) is -2.32. The molecule has 0 heterocycles. The van der Waals surface area contributed by atoms with Crippen molar-refractivity contribution in [3.05, 3.63) is 35.9 Å². The van der Waals surface area contributed by atoms with Gasteiger partial charge in [-0.25, -0.2) is 4.79 Å². The Hall–Kier alpha value is -4.53. The van der Waals surface area contributed by atoms with E-state index in [1.165, 1.54) is 0 Å². The Morgan fingerprint density at radius 1 is 0.730 bits per heavy atom. The summed E-state index contributed by atoms with van der Waals surface area (Å²) in [5, 5.41) is 24.4. The molecule has 37 heavy (non-hydrogen) atoms. The third-order valence-corrected chi connectivity index (χ3v) is 4.98. The van der Waals surface area contributed by atoms with Crippen molar-refractivity contribution in [3.8, 4) is 0 Å². The molecule has 0 aromatic heterocycles. The minimum Gasteiger partial charge on any atom is -0.481 e. The third kappa shape index (κ3) is 11.6. The third-order valence-electron chi connectivity index (χ3n) is 4.98. The normalized spacial score (nSPS) is 13.8. The maximum absolute atomic E-state index is 12.9. The lowest BCUT2D eigenvalue weighted by molar-refractivity contribution is -0.147. The van der Waals surface area contributed by atoms with Crippen LogP contribution in [0.1, 0.15) is 31.2 Å². The summed E-state index contributed by atoms with van der Waals surface area (Å²) in [5.74, 6) is -7.97. The highest BCUT2D eigenvalue weighted by Gasteiger charge is 2.32. The molecule has 1 aromatic carbocycles. The van der Waals surface area contributed by atoms with Crippen molar-refractivity contribution >= 4 is 41.5 Å². The van der Waals surface area contributed by atoms with Crippen LogP contribution in [0.4, 0.5) is 0 Å². The van der Waals surface area contributed by atoms with Crippen LogP contribution in [-0.2, 0) is 40.0 Å². The van der Waals surface area contributed by atoms with Gasteiger partial charge in [-0.3, -0.25) is 28.8 Å². The van der Waals surface area contributed by atoms with Gasteiger partial charge < -0.3 is 43.4 Å². The van der Waals surface area contributed by atoms with Crippen LogP contribution in [0.5, 0.6) is 0 Å². The van der Waals surface area contributed by atoms with Crippen LogP contribution in [0.25, 0.3) is 0 Å². The molecule has 0 saturated heterocycles. The largest absolute Gasteiger partial charge is 0.481 e. The van der Waals surface area contributed by atoms with Gasteiger partial charge in [0.05, 0.1) is 18.9 Å². The summed E-state index contributed by atoms with van der Waals surface area (Å²) in [4.78, 5) is 83.0. The van der Waals surface area contributed by atoms with Crippen molar-refractivity contribution in [1.29, 1.82) is 0 Å². The molecule has 1 aromatic rings. The number of rotatable bonds is 16. The average Bonchev–Trinajstić information content (AvgIpc) is 2.80. The van der Waals surface area contributed by atoms with Gasteiger partial charge >= 0.3 is 11.9 Å². The summed E-state index contributed by atoms with van der Waals surface area (Å²) in [6, 6.07) is 2.65. The fourth-order valence-electron chi connectivity index (χ4n) is 3.12. The van der Waals surface area contributed by atoms with Gasteiger partial charge in [0.25, 0.3) is 0 Å². The lowest BCUT2D eigenvalue weighted by atomic mass is 10.0. The van der Waals surface area contributed by atoms with Crippen LogP contribution in [0, 0.1) is 0 Å². The Morgan fingerprint density at radius 2 is 1.27 bits per heavy atom. The number of carboxylic acid groups (broad SMARTS) is 2. The maximum atomic E-state index is 12.9. The Balaban J connectivity index is 3.01. The Kier molecular flexibility index (Phi) is 12.2. The van der Waals surface area contributed by atoms with Crippen molar-refractivity contribution < 1.29 is 43.8 Å². The van der Waals surface area contributed by atoms with Gasteiger partial charge in [-0.15, -0.1) is 0 Å². The molecule has 0 aliphatic heterocycles. The van der Waals surface area contributed by atoms with Gasteiger partial charge in [-0.1, -0.05) is 30.3 Å². The maximum Gasteiger partial charge on any atom is 0.326 e. The molecular weight excluding hydrogens is 492 g/mol. The second-order valence-electron chi connectivity index (χ2n) is 8.09. The highest BCUT2D eigenvalue weighted by molar-refractivity contribution is 5.96. The van der Waals surface area contributed by atoms with E-state index >= 15 is 0 Å². The first-order valence-electron chi connectivity index (χ1n) is 11.0. The molecule has 202 valence electrons. The van der Waals surface area contributed by atoms with E-state index in [-0.39, 0.29) is 6.42 Å². The molecule has 0 spiro atoms. The van der Waals surface area contributed by atoms with Crippen LogP contribution >= 0.6 is 0 Å². The van der Waals surface area contributed by atoms with Crippen LogP contribution < -0.4 is 33.2 Å². The van der Waals surface area contributed by atoms with E-state index in [2.05, 4.69) is 10.6 Å². The molecule has 0 aliphatic carbocycles. The van der Waals surface area contributed by atoms with Crippen molar-refractivity contribution in [2.24, 2.45) is 17.2 Å². The Morgan fingerprint density at radius 3 is 1.78 bits per heavy atom. The zero-order valence-corrected chi connectivity index (χ0v) is 19.7. The molecule has 11 N–H and O–H groups in total. The quantitative estimate of drug-likeness (QED) is 0.107. The molecular formula is C22H30N6O9. The molecule has 4 atom stereocenters. The molecule has 5 amide bonds. The van der Waals surface area contributed by atoms with Crippen molar-refractivity contribution in [2.75, 3.05) is 0 Å². The molecule has 15 heteroatoms. The number of carbonyl (C=O) groups is 7. The lowest BCUT2D eigenvalue weighted by Crippen LogP contribution is -2.58. The van der Waals surface area contributed by atoms with Gasteiger partial charge in [0.15, 0.2) is 0 Å². The van der Waals surface area contributed by atoms with Crippen LogP contribution in [0.3, 0.4) is 0 Å². The van der Waals surface area contributed by atoms with Crippen LogP contribution in [-0.4, -0.2) is 75.9 Å². The summed E-state index contributed by atoms with van der Waals surface area (Å²) in [6.45, 7) is 0. The summed E-state index contributed by atoms with van der Waals surface area (Å²) in [7, 11) is 0. The predicted octanol–water partition coefficient (Wildman–Crippen LogP) is -3.29. The molecule has 0 saturated carbocycles. The van der Waals surface area contributed by atoms with E-state index in [0.717, 1.165) is 5.56 Å². The standard InChI is InChI=1S/C22H30N6O9/c23-12(8-11-4-2-1-3-5-11)19(33)27-14(9-17(25)30)21(35)26-13(6-7-16(24)29)20(34)28-15(22(36)37)10-18(31)32/h1-5,12-15H,6-10,23H2,(H2,24,29)(H2,25,30)(H,26,35)(H,27,33)(H,28,34)(H,31,32)(H,36,37). The van der Waals surface area contributed by atoms with E-state index in [1.807, 2.05) is 5.32 Å². The van der Waals surface area contributed by atoms with Crippen molar-refractivity contribution in [1.82, 2.24) is 16.0 Å². The highest BCUT2D eigenvalue weighted by atomic mass is 16.4. The number of primary amides is 2. The van der Waals surface area contributed by atoms with Gasteiger partial charge in [0.1, 0.15) is 18.1 Å². The zero-order chi connectivity index (χ0) is 28.1. The zero-order valence-electron chi connectivity index (χ0n) is 19.7. The topological polar surface area (TPSA) is 274 Å². The van der Waals surface area contributed by atoms with Gasteiger partial charge in [0, 0.05) is 6.42 Å². The van der Waals surface area contributed by atoms with Gasteiger partial charge in [-0.05, 0) is 18.4 Å². The Labute approximate surface area is 211 Å². The van der Waals surface area contributed by atoms with E-state index in [1.54, 1.807) is 30.3 Å². The second-order valence-corrected chi connectivity index (χ2v) is 8.09. The lowest BCUT2D eigenvalue weighted by Gasteiger charge is -2.24. The first-order valence-corrected chi connectivity index (χ1v) is 11.0. The Bertz CT molecular complexity index is 1020. The van der Waals surface area contributed by atoms with Crippen LogP contribution in [0.15, 0.2) is 30.3 Å². The summed E-state index contributed by atoms with van der Waals surface area (Å²) < 4.78 is 0. The first-order chi connectivity index (χ1) is 17.3. The fourth-order valence-corrected chi connectivity index (χ4v) is 3.12. The fraction of sp³-hybridized carbons (Fsp3) is 0.409. The monoisotopic (exact) mass is 522 g/mol. The number of hydrogen-bond donors (Lipinski definition) is 8. The molecule has 4 unspecified atom stereocenters. The molecule has 0 bridgehead atoms. The summed E-state index contributed by atoms with van der Waals surface area (Å²) >= 11 is 0. The predicted molar refractivity (Wildman–Crippen MR) is 126 cm³/mol. The van der Waals surface area contributed by atoms with Crippen molar-refractivity contribution in [2.45, 2.75) is 56.3 Å². The number of amides is 5. The van der Waals surface area contributed by atoms with E-state index < -0.39 is 91.3 Å². The average molecular weight is 523 g/mol. The van der Waals surface area contributed by atoms with E-state index in [4.69, 9.17) is 27.4 Å². The minimum absolute atomic E-state index is 0.112. The molecule has 15 nitrogen and oxygen atoms in total. The number of carboxylic acids is 2.